The first-order valence-electron chi connectivity index (χ1n) is 7.85. The normalized spacial score (nSPS) is 19.1. The molecular formula is C15H22ClN5O. The van der Waals surface area contributed by atoms with Gasteiger partial charge in [0.1, 0.15) is 11.3 Å². The standard InChI is InChI=1S/C15H22ClN5O/c1-4-5-6-11-17-13-12(20(11)3)14(19-15(16)18-13)21-7-8-22-9-10(21)2/h10H,4-9H2,1-3H3/t10-/m0/s1. The maximum Gasteiger partial charge on any atom is 0.226 e. The van der Waals surface area contributed by atoms with Crippen molar-refractivity contribution in [2.24, 2.45) is 7.05 Å². The number of fused-ring (bicyclic) bond motifs is 1. The number of anilines is 1. The molecule has 0 aliphatic carbocycles. The minimum Gasteiger partial charge on any atom is -0.377 e. The van der Waals surface area contributed by atoms with Gasteiger partial charge in [0.05, 0.1) is 19.3 Å². The topological polar surface area (TPSA) is 56.1 Å². The smallest absolute Gasteiger partial charge is 0.226 e. The van der Waals surface area contributed by atoms with Gasteiger partial charge in [0.2, 0.25) is 5.28 Å². The molecule has 0 unspecified atom stereocenters. The van der Waals surface area contributed by atoms with E-state index in [-0.39, 0.29) is 11.3 Å². The van der Waals surface area contributed by atoms with E-state index in [4.69, 9.17) is 16.3 Å². The van der Waals surface area contributed by atoms with Crippen molar-refractivity contribution in [1.29, 1.82) is 0 Å². The molecule has 0 amide bonds. The third kappa shape index (κ3) is 2.77. The lowest BCUT2D eigenvalue weighted by molar-refractivity contribution is 0.0986. The predicted molar refractivity (Wildman–Crippen MR) is 87.6 cm³/mol. The van der Waals surface area contributed by atoms with Crippen LogP contribution in [0.5, 0.6) is 0 Å². The molecule has 2 aromatic heterocycles. The molecule has 1 atom stereocenters. The van der Waals surface area contributed by atoms with Gasteiger partial charge in [-0.15, -0.1) is 0 Å². The lowest BCUT2D eigenvalue weighted by Gasteiger charge is -2.34. The number of imidazole rings is 1. The Morgan fingerprint density at radius 3 is 2.86 bits per heavy atom. The molecule has 6 nitrogen and oxygen atoms in total. The summed E-state index contributed by atoms with van der Waals surface area (Å²) >= 11 is 6.13. The molecule has 0 aromatic carbocycles. The van der Waals surface area contributed by atoms with Crippen molar-refractivity contribution in [3.63, 3.8) is 0 Å². The van der Waals surface area contributed by atoms with E-state index in [1.807, 2.05) is 7.05 Å². The highest BCUT2D eigenvalue weighted by Gasteiger charge is 2.25. The fraction of sp³-hybridized carbons (Fsp3) is 0.667. The molecule has 1 aliphatic rings. The van der Waals surface area contributed by atoms with Gasteiger partial charge in [-0.3, -0.25) is 0 Å². The average molecular weight is 324 g/mol. The number of halogens is 1. The van der Waals surface area contributed by atoms with E-state index in [9.17, 15) is 0 Å². The van der Waals surface area contributed by atoms with Crippen molar-refractivity contribution in [1.82, 2.24) is 19.5 Å². The lowest BCUT2D eigenvalue weighted by atomic mass is 10.2. The molecule has 22 heavy (non-hydrogen) atoms. The van der Waals surface area contributed by atoms with Gasteiger partial charge in [-0.1, -0.05) is 13.3 Å². The zero-order valence-corrected chi connectivity index (χ0v) is 14.1. The van der Waals surface area contributed by atoms with Crippen LogP contribution in [-0.2, 0) is 18.2 Å². The van der Waals surface area contributed by atoms with Crippen LogP contribution in [-0.4, -0.2) is 45.3 Å². The summed E-state index contributed by atoms with van der Waals surface area (Å²) in [5.41, 5.74) is 1.64. The second-order valence-corrected chi connectivity index (χ2v) is 6.13. The van der Waals surface area contributed by atoms with Crippen LogP contribution in [0.1, 0.15) is 32.5 Å². The van der Waals surface area contributed by atoms with Crippen molar-refractivity contribution in [2.45, 2.75) is 39.2 Å². The van der Waals surface area contributed by atoms with E-state index < -0.39 is 0 Å². The van der Waals surface area contributed by atoms with Crippen molar-refractivity contribution in [2.75, 3.05) is 24.7 Å². The van der Waals surface area contributed by atoms with Crippen LogP contribution in [0, 0.1) is 0 Å². The Morgan fingerprint density at radius 1 is 1.32 bits per heavy atom. The molecule has 0 bridgehead atoms. The molecule has 3 heterocycles. The fourth-order valence-electron chi connectivity index (χ4n) is 2.91. The Labute approximate surface area is 135 Å². The summed E-state index contributed by atoms with van der Waals surface area (Å²) in [4.78, 5) is 15.7. The highest BCUT2D eigenvalue weighted by Crippen LogP contribution is 2.28. The van der Waals surface area contributed by atoms with Crippen molar-refractivity contribution < 1.29 is 4.74 Å². The Kier molecular flexibility index (Phi) is 4.49. The molecule has 1 fully saturated rings. The van der Waals surface area contributed by atoms with Crippen LogP contribution in [0.25, 0.3) is 11.2 Å². The van der Waals surface area contributed by atoms with E-state index in [1.54, 1.807) is 0 Å². The Hall–Kier alpha value is -1.40. The van der Waals surface area contributed by atoms with E-state index in [0.29, 0.717) is 18.9 Å². The predicted octanol–water partition coefficient (Wildman–Crippen LogP) is 2.58. The molecule has 120 valence electrons. The number of aryl methyl sites for hydroxylation is 2. The van der Waals surface area contributed by atoms with Crippen LogP contribution in [0.4, 0.5) is 5.82 Å². The maximum absolute atomic E-state index is 6.13. The molecule has 0 spiro atoms. The van der Waals surface area contributed by atoms with Gasteiger partial charge in [-0.25, -0.2) is 4.98 Å². The number of rotatable bonds is 4. The van der Waals surface area contributed by atoms with Gasteiger partial charge in [-0.2, -0.15) is 9.97 Å². The van der Waals surface area contributed by atoms with Crippen molar-refractivity contribution in [3.8, 4) is 0 Å². The largest absolute Gasteiger partial charge is 0.377 e. The molecule has 2 aromatic rings. The molecule has 1 saturated heterocycles. The lowest BCUT2D eigenvalue weighted by Crippen LogP contribution is -2.44. The molecular weight excluding hydrogens is 302 g/mol. The zero-order chi connectivity index (χ0) is 15.7. The molecule has 1 aliphatic heterocycles. The summed E-state index contributed by atoms with van der Waals surface area (Å²) in [7, 11) is 2.03. The SMILES string of the molecule is CCCCc1nc2nc(Cl)nc(N3CCOC[C@@H]3C)c2n1C. The second-order valence-electron chi connectivity index (χ2n) is 5.80. The molecule has 3 rings (SSSR count). The molecule has 7 heteroatoms. The number of ether oxygens (including phenoxy) is 1. The average Bonchev–Trinajstić information content (AvgIpc) is 2.81. The van der Waals surface area contributed by atoms with Gasteiger partial charge in [0, 0.05) is 20.0 Å². The highest BCUT2D eigenvalue weighted by atomic mass is 35.5. The van der Waals surface area contributed by atoms with Gasteiger partial charge in [-0.05, 0) is 24.9 Å². The molecule has 0 N–H and O–H groups in total. The maximum atomic E-state index is 6.13. The van der Waals surface area contributed by atoms with Crippen LogP contribution < -0.4 is 4.90 Å². The summed E-state index contributed by atoms with van der Waals surface area (Å²) in [6.45, 7) is 6.52. The van der Waals surface area contributed by atoms with Gasteiger partial charge in [0.15, 0.2) is 11.5 Å². The van der Waals surface area contributed by atoms with Gasteiger partial charge < -0.3 is 14.2 Å². The number of unbranched alkanes of at least 4 members (excludes halogenated alkanes) is 1. The Bertz CT molecular complexity index is 671. The Balaban J connectivity index is 2.10. The van der Waals surface area contributed by atoms with Crippen LogP contribution >= 0.6 is 11.6 Å². The van der Waals surface area contributed by atoms with E-state index in [0.717, 1.165) is 43.0 Å². The van der Waals surface area contributed by atoms with Gasteiger partial charge >= 0.3 is 0 Å². The molecule has 0 saturated carbocycles. The fourth-order valence-corrected chi connectivity index (χ4v) is 3.07. The first-order valence-corrected chi connectivity index (χ1v) is 8.22. The number of aromatic nitrogens is 4. The van der Waals surface area contributed by atoms with Crippen molar-refractivity contribution in [3.05, 3.63) is 11.1 Å². The van der Waals surface area contributed by atoms with E-state index in [2.05, 4.69) is 38.3 Å². The van der Waals surface area contributed by atoms with Gasteiger partial charge in [0.25, 0.3) is 0 Å². The number of hydrogen-bond acceptors (Lipinski definition) is 5. The number of morpholine rings is 1. The number of nitrogens with zero attached hydrogens (tertiary/aromatic N) is 5. The van der Waals surface area contributed by atoms with E-state index in [1.165, 1.54) is 0 Å². The van der Waals surface area contributed by atoms with Crippen LogP contribution in [0.2, 0.25) is 5.28 Å². The third-order valence-electron chi connectivity index (χ3n) is 4.17. The zero-order valence-electron chi connectivity index (χ0n) is 13.3. The quantitative estimate of drug-likeness (QED) is 0.809. The third-order valence-corrected chi connectivity index (χ3v) is 4.34. The van der Waals surface area contributed by atoms with Crippen LogP contribution in [0.3, 0.4) is 0 Å². The molecule has 0 radical (unpaired) electrons. The monoisotopic (exact) mass is 323 g/mol. The van der Waals surface area contributed by atoms with Crippen LogP contribution in [0.15, 0.2) is 0 Å². The highest BCUT2D eigenvalue weighted by molar-refractivity contribution is 6.28. The summed E-state index contributed by atoms with van der Waals surface area (Å²) < 4.78 is 7.63. The summed E-state index contributed by atoms with van der Waals surface area (Å²) in [6.07, 6.45) is 3.20. The summed E-state index contributed by atoms with van der Waals surface area (Å²) in [5, 5.41) is 0.251. The second kappa shape index (κ2) is 6.38. The minimum atomic E-state index is 0.251. The van der Waals surface area contributed by atoms with E-state index >= 15 is 0 Å². The van der Waals surface area contributed by atoms with Crippen molar-refractivity contribution >= 4 is 28.6 Å². The first kappa shape index (κ1) is 15.5. The first-order chi connectivity index (χ1) is 10.6. The Morgan fingerprint density at radius 2 is 2.14 bits per heavy atom. The number of hydrogen-bond donors (Lipinski definition) is 0. The summed E-state index contributed by atoms with van der Waals surface area (Å²) in [5.74, 6) is 1.90. The summed E-state index contributed by atoms with van der Waals surface area (Å²) in [6, 6.07) is 0.261. The minimum absolute atomic E-state index is 0.251.